The summed E-state index contributed by atoms with van der Waals surface area (Å²) in [6.07, 6.45) is 0.0163. The lowest BCUT2D eigenvalue weighted by Crippen LogP contribution is -2.19. The van der Waals surface area contributed by atoms with Gasteiger partial charge in [-0.2, -0.15) is 5.10 Å². The first kappa shape index (κ1) is 17.6. The lowest BCUT2D eigenvalue weighted by atomic mass is 10.2. The molecule has 0 aliphatic carbocycles. The Morgan fingerprint density at radius 3 is 2.54 bits per heavy atom. The molecule has 1 amide bonds. The van der Waals surface area contributed by atoms with Gasteiger partial charge in [-0.15, -0.1) is 0 Å². The van der Waals surface area contributed by atoms with E-state index in [1.807, 2.05) is 26.8 Å². The molecule has 6 nitrogen and oxygen atoms in total. The van der Waals surface area contributed by atoms with E-state index in [2.05, 4.69) is 10.5 Å². The van der Waals surface area contributed by atoms with Crippen molar-refractivity contribution < 1.29 is 18.7 Å². The number of ether oxygens (including phenoxy) is 2. The number of hydrazone groups is 1. The maximum atomic E-state index is 12.2. The highest BCUT2D eigenvalue weighted by molar-refractivity contribution is 5.99. The molecule has 0 unspecified atom stereocenters. The predicted octanol–water partition coefficient (Wildman–Crippen LogP) is 3.54. The van der Waals surface area contributed by atoms with E-state index in [4.69, 9.17) is 13.9 Å². The van der Waals surface area contributed by atoms with Crippen LogP contribution in [0.5, 0.6) is 11.5 Å². The van der Waals surface area contributed by atoms with E-state index >= 15 is 0 Å². The number of aryl methyl sites for hydroxylation is 1. The highest BCUT2D eigenvalue weighted by atomic mass is 16.5. The van der Waals surface area contributed by atoms with Crippen LogP contribution in [0.1, 0.15) is 42.6 Å². The van der Waals surface area contributed by atoms with Crippen molar-refractivity contribution in [2.45, 2.75) is 33.8 Å². The Hall–Kier alpha value is -2.76. The van der Waals surface area contributed by atoms with Crippen molar-refractivity contribution in [1.29, 1.82) is 0 Å². The van der Waals surface area contributed by atoms with E-state index in [1.165, 1.54) is 7.11 Å². The van der Waals surface area contributed by atoms with Crippen LogP contribution in [0.25, 0.3) is 0 Å². The maximum absolute atomic E-state index is 12.2. The Morgan fingerprint density at radius 2 is 1.96 bits per heavy atom. The molecule has 24 heavy (non-hydrogen) atoms. The monoisotopic (exact) mass is 330 g/mol. The van der Waals surface area contributed by atoms with Crippen molar-refractivity contribution in [3.63, 3.8) is 0 Å². The number of methoxy groups -OCH3 is 1. The van der Waals surface area contributed by atoms with Gasteiger partial charge in [-0.1, -0.05) is 0 Å². The van der Waals surface area contributed by atoms with Crippen molar-refractivity contribution in [3.8, 4) is 11.5 Å². The molecule has 1 heterocycles. The molecule has 1 aromatic carbocycles. The second-order valence-electron chi connectivity index (χ2n) is 5.58. The molecule has 1 aromatic heterocycles. The van der Waals surface area contributed by atoms with Crippen LogP contribution in [-0.2, 0) is 0 Å². The van der Waals surface area contributed by atoms with Crippen molar-refractivity contribution in [2.75, 3.05) is 7.11 Å². The van der Waals surface area contributed by atoms with Crippen molar-refractivity contribution >= 4 is 11.6 Å². The van der Waals surface area contributed by atoms with Crippen LogP contribution in [0.4, 0.5) is 0 Å². The molecule has 2 rings (SSSR count). The van der Waals surface area contributed by atoms with Gasteiger partial charge >= 0.3 is 0 Å². The molecule has 0 saturated carbocycles. The lowest BCUT2D eigenvalue weighted by Gasteiger charge is -2.14. The molecule has 0 atom stereocenters. The largest absolute Gasteiger partial charge is 0.493 e. The van der Waals surface area contributed by atoms with Gasteiger partial charge in [-0.3, -0.25) is 4.79 Å². The average molecular weight is 330 g/mol. The number of carbonyl (C=O) groups excluding carboxylic acids is 1. The van der Waals surface area contributed by atoms with Crippen LogP contribution in [0.2, 0.25) is 0 Å². The minimum absolute atomic E-state index is 0.0163. The number of amides is 1. The third-order valence-corrected chi connectivity index (χ3v) is 3.21. The zero-order valence-corrected chi connectivity index (χ0v) is 14.5. The number of nitrogens with one attached hydrogen (secondary N) is 1. The highest BCUT2D eigenvalue weighted by Gasteiger charge is 2.12. The number of hydrogen-bond acceptors (Lipinski definition) is 5. The molecule has 0 bridgehead atoms. The smallest absolute Gasteiger partial charge is 0.271 e. The number of furan rings is 1. The molecule has 0 radical (unpaired) electrons. The van der Waals surface area contributed by atoms with Crippen LogP contribution in [-0.4, -0.2) is 24.8 Å². The standard InChI is InChI=1S/C18H22N2O4/c1-11(2)23-16-9-7-14(10-17(16)22-5)18(21)20-19-13(4)15-8-6-12(3)24-15/h6-11H,1-5H3,(H,20,21)/b19-13-. The Balaban J connectivity index is 2.12. The molecule has 0 aliphatic rings. The summed E-state index contributed by atoms with van der Waals surface area (Å²) < 4.78 is 16.4. The fraction of sp³-hybridized carbons (Fsp3) is 0.333. The van der Waals surface area contributed by atoms with Crippen molar-refractivity contribution in [1.82, 2.24) is 5.43 Å². The molecular formula is C18H22N2O4. The fourth-order valence-corrected chi connectivity index (χ4v) is 2.04. The van der Waals surface area contributed by atoms with Crippen LogP contribution < -0.4 is 14.9 Å². The summed E-state index contributed by atoms with van der Waals surface area (Å²) >= 11 is 0. The summed E-state index contributed by atoms with van der Waals surface area (Å²) in [5.74, 6) is 2.16. The third-order valence-electron chi connectivity index (χ3n) is 3.21. The summed E-state index contributed by atoms with van der Waals surface area (Å²) in [6.45, 7) is 7.46. The average Bonchev–Trinajstić information content (AvgIpc) is 2.98. The van der Waals surface area contributed by atoms with Crippen LogP contribution >= 0.6 is 0 Å². The van der Waals surface area contributed by atoms with Crippen LogP contribution in [0.3, 0.4) is 0 Å². The van der Waals surface area contributed by atoms with E-state index in [1.54, 1.807) is 31.2 Å². The Kier molecular flexibility index (Phi) is 5.63. The summed E-state index contributed by atoms with van der Waals surface area (Å²) in [7, 11) is 1.53. The zero-order chi connectivity index (χ0) is 17.7. The molecule has 0 aliphatic heterocycles. The normalized spacial score (nSPS) is 11.5. The first-order valence-electron chi connectivity index (χ1n) is 7.67. The predicted molar refractivity (Wildman–Crippen MR) is 91.9 cm³/mol. The topological polar surface area (TPSA) is 73.1 Å². The number of hydrogen-bond donors (Lipinski definition) is 1. The molecule has 0 saturated heterocycles. The number of rotatable bonds is 6. The van der Waals surface area contributed by atoms with Crippen molar-refractivity contribution in [3.05, 3.63) is 47.4 Å². The van der Waals surface area contributed by atoms with E-state index in [-0.39, 0.29) is 12.0 Å². The first-order valence-corrected chi connectivity index (χ1v) is 7.67. The van der Waals surface area contributed by atoms with Gasteiger partial charge in [0.25, 0.3) is 5.91 Å². The van der Waals surface area contributed by atoms with E-state index in [9.17, 15) is 4.79 Å². The quantitative estimate of drug-likeness (QED) is 0.649. The van der Waals surface area contributed by atoms with Gasteiger partial charge in [0.15, 0.2) is 11.5 Å². The third kappa shape index (κ3) is 4.38. The second kappa shape index (κ2) is 7.68. The maximum Gasteiger partial charge on any atom is 0.271 e. The minimum atomic E-state index is -0.341. The Bertz CT molecular complexity index is 747. The molecule has 1 N–H and O–H groups in total. The molecule has 0 fully saturated rings. The SMILES string of the molecule is COc1cc(C(=O)N/N=C(/C)c2ccc(C)o2)ccc1OC(C)C. The number of benzene rings is 1. The molecular weight excluding hydrogens is 308 g/mol. The number of nitrogens with zero attached hydrogens (tertiary/aromatic N) is 1. The molecule has 6 heteroatoms. The van der Waals surface area contributed by atoms with E-state index in [0.717, 1.165) is 5.76 Å². The van der Waals surface area contributed by atoms with Gasteiger partial charge < -0.3 is 13.9 Å². The zero-order valence-electron chi connectivity index (χ0n) is 14.5. The fourth-order valence-electron chi connectivity index (χ4n) is 2.04. The van der Waals surface area contributed by atoms with Gasteiger partial charge in [-0.05, 0) is 58.0 Å². The first-order chi connectivity index (χ1) is 11.4. The molecule has 0 spiro atoms. The summed E-state index contributed by atoms with van der Waals surface area (Å²) in [5, 5.41) is 4.06. The highest BCUT2D eigenvalue weighted by Crippen LogP contribution is 2.28. The van der Waals surface area contributed by atoms with Crippen LogP contribution in [0, 0.1) is 6.92 Å². The lowest BCUT2D eigenvalue weighted by molar-refractivity contribution is 0.0954. The van der Waals surface area contributed by atoms with Crippen molar-refractivity contribution in [2.24, 2.45) is 5.10 Å². The van der Waals surface area contributed by atoms with Crippen LogP contribution in [0.15, 0.2) is 39.9 Å². The Morgan fingerprint density at radius 1 is 1.21 bits per heavy atom. The van der Waals surface area contributed by atoms with Gasteiger partial charge in [0.1, 0.15) is 17.2 Å². The molecule has 2 aromatic rings. The summed E-state index contributed by atoms with van der Waals surface area (Å²) in [5.41, 5.74) is 3.52. The van der Waals surface area contributed by atoms with Gasteiger partial charge in [0.05, 0.1) is 13.2 Å². The van der Waals surface area contributed by atoms with Gasteiger partial charge in [0.2, 0.25) is 0 Å². The van der Waals surface area contributed by atoms with Gasteiger partial charge in [-0.25, -0.2) is 5.43 Å². The second-order valence-corrected chi connectivity index (χ2v) is 5.58. The summed E-state index contributed by atoms with van der Waals surface area (Å²) in [4.78, 5) is 12.2. The summed E-state index contributed by atoms with van der Waals surface area (Å²) in [6, 6.07) is 8.64. The Labute approximate surface area is 141 Å². The molecule has 128 valence electrons. The van der Waals surface area contributed by atoms with E-state index < -0.39 is 0 Å². The minimum Gasteiger partial charge on any atom is -0.493 e. The van der Waals surface area contributed by atoms with Gasteiger partial charge in [0, 0.05) is 5.56 Å². The number of carbonyl (C=O) groups is 1. The van der Waals surface area contributed by atoms with E-state index in [0.29, 0.717) is 28.5 Å².